The molecular formula is C24H50NO7P. The average Bonchev–Trinajstić information content (AvgIpc) is 2.73. The molecule has 0 saturated carbocycles. The summed E-state index contributed by atoms with van der Waals surface area (Å²) in [5.74, 6) is -0.410. The molecule has 0 saturated heterocycles. The van der Waals surface area contributed by atoms with Crippen molar-refractivity contribution in [3.8, 4) is 0 Å². The third-order valence-corrected chi connectivity index (χ3v) is 6.46. The quantitative estimate of drug-likeness (QED) is 0.0957. The number of unbranched alkanes of at least 4 members (excludes halogenated alkanes) is 12. The Morgan fingerprint density at radius 1 is 0.909 bits per heavy atom. The van der Waals surface area contributed by atoms with Gasteiger partial charge in [-0.25, -0.2) is 0 Å². The Balaban J connectivity index is 3.73. The number of esters is 1. The zero-order valence-corrected chi connectivity index (χ0v) is 22.5. The Morgan fingerprint density at radius 2 is 1.39 bits per heavy atom. The van der Waals surface area contributed by atoms with Gasteiger partial charge in [-0.05, 0) is 6.42 Å². The van der Waals surface area contributed by atoms with Crippen molar-refractivity contribution >= 4 is 13.8 Å². The van der Waals surface area contributed by atoms with Gasteiger partial charge in [-0.15, -0.1) is 0 Å². The van der Waals surface area contributed by atoms with Gasteiger partial charge in [-0.2, -0.15) is 0 Å². The maximum Gasteiger partial charge on any atom is 0.305 e. The van der Waals surface area contributed by atoms with Gasteiger partial charge in [-0.1, -0.05) is 84.0 Å². The van der Waals surface area contributed by atoms with E-state index in [0.29, 0.717) is 11.0 Å². The number of hydrogen-bond donors (Lipinski definition) is 1. The van der Waals surface area contributed by atoms with Crippen LogP contribution in [-0.4, -0.2) is 69.2 Å². The van der Waals surface area contributed by atoms with E-state index in [1.807, 2.05) is 21.1 Å². The van der Waals surface area contributed by atoms with Crippen molar-refractivity contribution in [2.45, 2.75) is 103 Å². The van der Waals surface area contributed by atoms with Crippen LogP contribution in [0, 0.1) is 0 Å². The predicted molar refractivity (Wildman–Crippen MR) is 130 cm³/mol. The molecule has 2 atom stereocenters. The lowest BCUT2D eigenvalue weighted by molar-refractivity contribution is -0.870. The Labute approximate surface area is 202 Å². The lowest BCUT2D eigenvalue weighted by Gasteiger charge is -2.29. The van der Waals surface area contributed by atoms with Crippen LogP contribution >= 0.6 is 7.82 Å². The van der Waals surface area contributed by atoms with E-state index in [1.165, 1.54) is 64.2 Å². The molecule has 0 radical (unpaired) electrons. The number of carbonyl (C=O) groups excluding carboxylic acids is 1. The first-order valence-electron chi connectivity index (χ1n) is 12.8. The van der Waals surface area contributed by atoms with E-state index in [-0.39, 0.29) is 19.6 Å². The molecule has 9 heteroatoms. The Morgan fingerprint density at radius 3 is 1.85 bits per heavy atom. The topological polar surface area (TPSA) is 105 Å². The van der Waals surface area contributed by atoms with Crippen molar-refractivity contribution in [2.75, 3.05) is 47.5 Å². The highest BCUT2D eigenvalue weighted by atomic mass is 31.2. The molecule has 8 nitrogen and oxygen atoms in total. The number of ether oxygens (including phenoxy) is 1. The van der Waals surface area contributed by atoms with E-state index in [9.17, 15) is 19.4 Å². The van der Waals surface area contributed by atoms with E-state index in [4.69, 9.17) is 13.8 Å². The molecule has 0 aromatic carbocycles. The van der Waals surface area contributed by atoms with Gasteiger partial charge in [0.1, 0.15) is 25.9 Å². The minimum absolute atomic E-state index is 0.0265. The van der Waals surface area contributed by atoms with E-state index in [2.05, 4.69) is 6.92 Å². The van der Waals surface area contributed by atoms with Gasteiger partial charge in [0.2, 0.25) is 0 Å². The van der Waals surface area contributed by atoms with Crippen LogP contribution in [0.2, 0.25) is 0 Å². The molecular weight excluding hydrogens is 445 g/mol. The van der Waals surface area contributed by atoms with Gasteiger partial charge in [-0.3, -0.25) is 9.36 Å². The second kappa shape index (κ2) is 19.8. The molecule has 0 fully saturated rings. The molecule has 1 N–H and O–H groups in total. The van der Waals surface area contributed by atoms with Crippen molar-refractivity contribution in [1.29, 1.82) is 0 Å². The van der Waals surface area contributed by atoms with Crippen LogP contribution in [0.4, 0.5) is 0 Å². The highest BCUT2D eigenvalue weighted by Gasteiger charge is 2.20. The molecule has 0 aliphatic carbocycles. The Bertz CT molecular complexity index is 525. The summed E-state index contributed by atoms with van der Waals surface area (Å²) >= 11 is 0. The molecule has 0 amide bonds. The first-order chi connectivity index (χ1) is 15.6. The van der Waals surface area contributed by atoms with Crippen LogP contribution in [-0.2, 0) is 23.1 Å². The van der Waals surface area contributed by atoms with Crippen molar-refractivity contribution in [1.82, 2.24) is 0 Å². The summed E-state index contributed by atoms with van der Waals surface area (Å²) < 4.78 is 27.1. The fourth-order valence-corrected chi connectivity index (χ4v) is 4.16. The van der Waals surface area contributed by atoms with Crippen molar-refractivity contribution in [3.05, 3.63) is 0 Å². The SMILES string of the molecule is CCCCCCCCCCCCCCCC(=O)OC[C@H](CO)OP(=O)([O-])OCC[N+](C)(C)C. The van der Waals surface area contributed by atoms with Crippen LogP contribution in [0.1, 0.15) is 96.8 Å². The molecule has 0 heterocycles. The molecule has 198 valence electrons. The fraction of sp³-hybridized carbons (Fsp3) is 0.958. The summed E-state index contributed by atoms with van der Waals surface area (Å²) in [6, 6.07) is 0. The van der Waals surface area contributed by atoms with E-state index >= 15 is 0 Å². The molecule has 33 heavy (non-hydrogen) atoms. The van der Waals surface area contributed by atoms with Crippen LogP contribution in [0.3, 0.4) is 0 Å². The smallest absolute Gasteiger partial charge is 0.305 e. The van der Waals surface area contributed by atoms with Gasteiger partial charge in [0.05, 0.1) is 27.7 Å². The van der Waals surface area contributed by atoms with Gasteiger partial charge in [0, 0.05) is 6.42 Å². The predicted octanol–water partition coefficient (Wildman–Crippen LogP) is 4.58. The van der Waals surface area contributed by atoms with Crippen LogP contribution < -0.4 is 4.89 Å². The number of likely N-dealkylation sites (N-methyl/N-ethyl adjacent to an activating group) is 1. The zero-order chi connectivity index (χ0) is 25.0. The van der Waals surface area contributed by atoms with E-state index in [0.717, 1.165) is 19.3 Å². The van der Waals surface area contributed by atoms with Gasteiger partial charge >= 0.3 is 5.97 Å². The maximum absolute atomic E-state index is 11.9. The summed E-state index contributed by atoms with van der Waals surface area (Å²) in [6.07, 6.45) is 15.1. The lowest BCUT2D eigenvalue weighted by atomic mass is 10.0. The molecule has 0 bridgehead atoms. The molecule has 0 aromatic heterocycles. The van der Waals surface area contributed by atoms with Gasteiger partial charge in [0.25, 0.3) is 7.82 Å². The zero-order valence-electron chi connectivity index (χ0n) is 21.6. The largest absolute Gasteiger partial charge is 0.756 e. The Kier molecular flexibility index (Phi) is 19.5. The highest BCUT2D eigenvalue weighted by molar-refractivity contribution is 7.45. The van der Waals surface area contributed by atoms with Crippen LogP contribution in [0.25, 0.3) is 0 Å². The number of phosphoric ester groups is 1. The first kappa shape index (κ1) is 32.5. The second-order valence-electron chi connectivity index (χ2n) is 9.88. The third kappa shape index (κ3) is 23.0. The van der Waals surface area contributed by atoms with Crippen molar-refractivity contribution in [3.63, 3.8) is 0 Å². The van der Waals surface area contributed by atoms with Crippen LogP contribution in [0.15, 0.2) is 0 Å². The monoisotopic (exact) mass is 495 g/mol. The van der Waals surface area contributed by atoms with Crippen LogP contribution in [0.5, 0.6) is 0 Å². The number of quaternary nitrogens is 1. The number of phosphoric acid groups is 1. The first-order valence-corrected chi connectivity index (χ1v) is 14.3. The van der Waals surface area contributed by atoms with Crippen molar-refractivity contribution < 1.29 is 37.6 Å². The van der Waals surface area contributed by atoms with E-state index in [1.54, 1.807) is 0 Å². The number of nitrogens with zero attached hydrogens (tertiary/aromatic N) is 1. The number of carbonyl (C=O) groups is 1. The number of aliphatic hydroxyl groups excluding tert-OH is 1. The Hall–Kier alpha value is -0.500. The summed E-state index contributed by atoms with van der Waals surface area (Å²) in [6.45, 7) is 1.79. The molecule has 0 aliphatic rings. The molecule has 0 spiro atoms. The summed E-state index contributed by atoms with van der Waals surface area (Å²) in [5.41, 5.74) is 0. The second-order valence-corrected chi connectivity index (χ2v) is 11.2. The number of rotatable bonds is 23. The van der Waals surface area contributed by atoms with Gasteiger partial charge < -0.3 is 28.3 Å². The lowest BCUT2D eigenvalue weighted by Crippen LogP contribution is -2.38. The normalized spacial score (nSPS) is 14.7. The summed E-state index contributed by atoms with van der Waals surface area (Å²) in [7, 11) is 1.16. The fourth-order valence-electron chi connectivity index (χ4n) is 3.30. The molecule has 0 aliphatic heterocycles. The highest BCUT2D eigenvalue weighted by Crippen LogP contribution is 2.39. The maximum atomic E-state index is 11.9. The number of aliphatic hydroxyl groups is 1. The number of hydrogen-bond acceptors (Lipinski definition) is 7. The third-order valence-electron chi connectivity index (χ3n) is 5.41. The van der Waals surface area contributed by atoms with E-state index < -0.39 is 26.5 Å². The standard InChI is InChI=1S/C24H50NO7P/c1-5-6-7-8-9-10-11-12-13-14-15-16-17-18-24(27)30-22-23(21-26)32-33(28,29)31-20-19-25(2,3)4/h23,26H,5-22H2,1-4H3/t23-/m0/s1. The minimum Gasteiger partial charge on any atom is -0.756 e. The van der Waals surface area contributed by atoms with Crippen molar-refractivity contribution in [2.24, 2.45) is 0 Å². The van der Waals surface area contributed by atoms with Gasteiger partial charge in [0.15, 0.2) is 0 Å². The summed E-state index contributed by atoms with van der Waals surface area (Å²) in [4.78, 5) is 23.7. The molecule has 0 aromatic rings. The molecule has 1 unspecified atom stereocenters. The average molecular weight is 496 g/mol. The molecule has 0 rings (SSSR count). The summed E-state index contributed by atoms with van der Waals surface area (Å²) in [5, 5.41) is 9.32. The minimum atomic E-state index is -4.57.